The van der Waals surface area contributed by atoms with E-state index in [4.69, 9.17) is 4.74 Å². The highest BCUT2D eigenvalue weighted by Gasteiger charge is 2.11. The molecule has 1 amide bonds. The number of hydrogen-bond donors (Lipinski definition) is 1. The molecule has 0 aliphatic heterocycles. The van der Waals surface area contributed by atoms with Crippen molar-refractivity contribution in [1.29, 1.82) is 0 Å². The molecule has 0 atom stereocenters. The van der Waals surface area contributed by atoms with E-state index in [9.17, 15) is 13.6 Å². The smallest absolute Gasteiger partial charge is 0.255 e. The number of amides is 1. The Morgan fingerprint density at radius 3 is 2.65 bits per heavy atom. The Bertz CT molecular complexity index is 1000. The van der Waals surface area contributed by atoms with Crippen molar-refractivity contribution >= 4 is 16.7 Å². The number of ether oxygens (including phenoxy) is 1. The van der Waals surface area contributed by atoms with E-state index < -0.39 is 17.5 Å². The van der Waals surface area contributed by atoms with Crippen molar-refractivity contribution in [2.24, 2.45) is 0 Å². The van der Waals surface area contributed by atoms with Gasteiger partial charge < -0.3 is 10.1 Å². The van der Waals surface area contributed by atoms with Crippen LogP contribution in [0.2, 0.25) is 0 Å². The molecule has 3 aromatic carbocycles. The van der Waals surface area contributed by atoms with Crippen LogP contribution >= 0.6 is 0 Å². The topological polar surface area (TPSA) is 38.3 Å². The lowest BCUT2D eigenvalue weighted by atomic mass is 10.1. The van der Waals surface area contributed by atoms with Gasteiger partial charge in [-0.05, 0) is 23.6 Å². The van der Waals surface area contributed by atoms with Crippen LogP contribution in [0, 0.1) is 23.5 Å². The van der Waals surface area contributed by atoms with Crippen molar-refractivity contribution in [1.82, 2.24) is 5.32 Å². The van der Waals surface area contributed by atoms with E-state index in [0.29, 0.717) is 6.07 Å². The Labute approximate surface area is 149 Å². The third kappa shape index (κ3) is 4.17. The molecule has 0 spiro atoms. The summed E-state index contributed by atoms with van der Waals surface area (Å²) < 4.78 is 32.0. The number of nitrogens with one attached hydrogen (secondary N) is 1. The van der Waals surface area contributed by atoms with E-state index in [-0.39, 0.29) is 18.7 Å². The van der Waals surface area contributed by atoms with Crippen molar-refractivity contribution in [3.05, 3.63) is 77.9 Å². The molecule has 3 nitrogen and oxygen atoms in total. The molecular weight excluding hydrogens is 336 g/mol. The minimum Gasteiger partial charge on any atom is -0.480 e. The van der Waals surface area contributed by atoms with Gasteiger partial charge in [0.05, 0.1) is 12.1 Å². The van der Waals surface area contributed by atoms with Gasteiger partial charge in [0.2, 0.25) is 0 Å². The molecule has 0 aromatic heterocycles. The molecule has 0 radical (unpaired) electrons. The molecule has 0 fully saturated rings. The molecule has 26 heavy (non-hydrogen) atoms. The second-order valence-corrected chi connectivity index (χ2v) is 5.43. The number of fused-ring (bicyclic) bond motifs is 1. The highest BCUT2D eigenvalue weighted by molar-refractivity contribution is 5.94. The summed E-state index contributed by atoms with van der Waals surface area (Å²) >= 11 is 0. The summed E-state index contributed by atoms with van der Waals surface area (Å²) in [5, 5.41) is 4.53. The quantitative estimate of drug-likeness (QED) is 0.724. The lowest BCUT2D eigenvalue weighted by molar-refractivity contribution is 0.0954. The molecular formula is C21H15F2NO2. The maximum atomic E-state index is 13.5. The van der Waals surface area contributed by atoms with E-state index >= 15 is 0 Å². The maximum absolute atomic E-state index is 13.5. The summed E-state index contributed by atoms with van der Waals surface area (Å²) in [5.41, 5.74) is -0.222. The third-order valence-electron chi connectivity index (χ3n) is 3.69. The summed E-state index contributed by atoms with van der Waals surface area (Å²) in [6.45, 7) is 0.198. The number of carbonyl (C=O) groups excluding carboxylic acids is 1. The Balaban J connectivity index is 1.52. The number of benzene rings is 3. The molecule has 0 heterocycles. The number of halogens is 2. The molecule has 1 N–H and O–H groups in total. The Hall–Kier alpha value is -3.39. The van der Waals surface area contributed by atoms with E-state index in [2.05, 4.69) is 17.2 Å². The van der Waals surface area contributed by atoms with Crippen LogP contribution in [0.5, 0.6) is 5.75 Å². The molecule has 3 aromatic rings. The van der Waals surface area contributed by atoms with Crippen LogP contribution in [0.4, 0.5) is 8.78 Å². The fraction of sp³-hybridized carbons (Fsp3) is 0.0952. The molecule has 0 aliphatic carbocycles. The van der Waals surface area contributed by atoms with Gasteiger partial charge in [-0.1, -0.05) is 48.2 Å². The Morgan fingerprint density at radius 1 is 1.00 bits per heavy atom. The fourth-order valence-corrected chi connectivity index (χ4v) is 2.44. The van der Waals surface area contributed by atoms with Crippen LogP contribution in [-0.2, 0) is 0 Å². The van der Waals surface area contributed by atoms with Gasteiger partial charge in [0.15, 0.2) is 0 Å². The average molecular weight is 351 g/mol. The van der Waals surface area contributed by atoms with E-state index in [1.165, 1.54) is 0 Å². The largest absolute Gasteiger partial charge is 0.480 e. The van der Waals surface area contributed by atoms with Gasteiger partial charge in [0.25, 0.3) is 5.91 Å². The zero-order valence-corrected chi connectivity index (χ0v) is 13.8. The van der Waals surface area contributed by atoms with Crippen molar-refractivity contribution in [2.75, 3.05) is 13.2 Å². The first-order chi connectivity index (χ1) is 12.6. The minimum absolute atomic E-state index is 0.0363. The molecule has 0 aliphatic rings. The molecule has 5 heteroatoms. The fourth-order valence-electron chi connectivity index (χ4n) is 2.44. The van der Waals surface area contributed by atoms with Gasteiger partial charge >= 0.3 is 0 Å². The van der Waals surface area contributed by atoms with Crippen molar-refractivity contribution in [3.8, 4) is 17.6 Å². The van der Waals surface area contributed by atoms with E-state index in [1.807, 2.05) is 42.5 Å². The van der Waals surface area contributed by atoms with Crippen LogP contribution in [0.1, 0.15) is 10.4 Å². The SMILES string of the molecule is O=C(NCC#CCOc1cccc2ccccc12)c1ccc(F)cc1F. The van der Waals surface area contributed by atoms with Gasteiger partial charge in [-0.3, -0.25) is 4.79 Å². The zero-order chi connectivity index (χ0) is 18.4. The van der Waals surface area contributed by atoms with Gasteiger partial charge in [0.1, 0.15) is 24.0 Å². The molecule has 0 bridgehead atoms. The zero-order valence-electron chi connectivity index (χ0n) is 13.8. The maximum Gasteiger partial charge on any atom is 0.255 e. The van der Waals surface area contributed by atoms with Crippen LogP contribution in [-0.4, -0.2) is 19.1 Å². The van der Waals surface area contributed by atoms with Gasteiger partial charge in [-0.15, -0.1) is 0 Å². The van der Waals surface area contributed by atoms with Gasteiger partial charge in [0, 0.05) is 11.5 Å². The third-order valence-corrected chi connectivity index (χ3v) is 3.69. The standard InChI is InChI=1S/C21H15F2NO2/c22-16-10-11-18(19(23)14-16)21(25)24-12-3-4-13-26-20-9-5-7-15-6-1-2-8-17(15)20/h1-2,5-11,14H,12-13H2,(H,24,25). The van der Waals surface area contributed by atoms with Crippen molar-refractivity contribution in [2.45, 2.75) is 0 Å². The molecule has 130 valence electrons. The summed E-state index contributed by atoms with van der Waals surface area (Å²) in [7, 11) is 0. The minimum atomic E-state index is -0.908. The first-order valence-corrected chi connectivity index (χ1v) is 7.94. The molecule has 0 saturated carbocycles. The summed E-state index contributed by atoms with van der Waals surface area (Å²) in [5.74, 6) is 3.97. The summed E-state index contributed by atoms with van der Waals surface area (Å²) in [6, 6.07) is 16.4. The van der Waals surface area contributed by atoms with Crippen LogP contribution in [0.3, 0.4) is 0 Å². The predicted molar refractivity (Wildman–Crippen MR) is 95.9 cm³/mol. The van der Waals surface area contributed by atoms with Crippen molar-refractivity contribution < 1.29 is 18.3 Å². The van der Waals surface area contributed by atoms with Gasteiger partial charge in [-0.25, -0.2) is 8.78 Å². The van der Waals surface area contributed by atoms with Gasteiger partial charge in [-0.2, -0.15) is 0 Å². The Morgan fingerprint density at radius 2 is 1.81 bits per heavy atom. The monoisotopic (exact) mass is 351 g/mol. The van der Waals surface area contributed by atoms with Crippen LogP contribution in [0.15, 0.2) is 60.7 Å². The number of rotatable bonds is 4. The average Bonchev–Trinajstić information content (AvgIpc) is 2.64. The molecule has 0 unspecified atom stereocenters. The first kappa shape index (κ1) is 17.4. The van der Waals surface area contributed by atoms with Crippen LogP contribution < -0.4 is 10.1 Å². The predicted octanol–water partition coefficient (Wildman–Crippen LogP) is 3.93. The molecule has 0 saturated heterocycles. The highest BCUT2D eigenvalue weighted by atomic mass is 19.1. The second kappa shape index (κ2) is 8.13. The Kier molecular flexibility index (Phi) is 5.45. The highest BCUT2D eigenvalue weighted by Crippen LogP contribution is 2.24. The van der Waals surface area contributed by atoms with E-state index in [0.717, 1.165) is 28.7 Å². The lowest BCUT2D eigenvalue weighted by Crippen LogP contribution is -2.24. The second-order valence-electron chi connectivity index (χ2n) is 5.43. The number of carbonyl (C=O) groups is 1. The number of hydrogen-bond acceptors (Lipinski definition) is 2. The molecule has 3 rings (SSSR count). The van der Waals surface area contributed by atoms with Crippen molar-refractivity contribution in [3.63, 3.8) is 0 Å². The summed E-state index contributed by atoms with van der Waals surface area (Å²) in [6.07, 6.45) is 0. The lowest BCUT2D eigenvalue weighted by Gasteiger charge is -2.06. The normalized spacial score (nSPS) is 10.1. The van der Waals surface area contributed by atoms with Crippen LogP contribution in [0.25, 0.3) is 10.8 Å². The van der Waals surface area contributed by atoms with E-state index in [1.54, 1.807) is 0 Å². The summed E-state index contributed by atoms with van der Waals surface area (Å²) in [4.78, 5) is 11.8. The first-order valence-electron chi connectivity index (χ1n) is 7.94.